The van der Waals surface area contributed by atoms with Crippen molar-refractivity contribution < 1.29 is 14.0 Å². The Labute approximate surface area is 151 Å². The van der Waals surface area contributed by atoms with Crippen LogP contribution in [0.25, 0.3) is 0 Å². The number of hydrogen-bond donors (Lipinski definition) is 1. The maximum Gasteiger partial charge on any atom is 0.239 e. The monoisotopic (exact) mass is 362 g/mol. The zero-order chi connectivity index (χ0) is 18.4. The van der Waals surface area contributed by atoms with Crippen molar-refractivity contribution in [3.8, 4) is 0 Å². The van der Waals surface area contributed by atoms with E-state index < -0.39 is 0 Å². The van der Waals surface area contributed by atoms with E-state index in [9.17, 15) is 9.59 Å². The summed E-state index contributed by atoms with van der Waals surface area (Å²) in [6.07, 6.45) is 1.55. The van der Waals surface area contributed by atoms with Crippen LogP contribution in [0.4, 0.5) is 0 Å². The van der Waals surface area contributed by atoms with Gasteiger partial charge in [0.15, 0.2) is 5.16 Å². The van der Waals surface area contributed by atoms with E-state index in [0.29, 0.717) is 17.5 Å². The minimum Gasteiger partial charge on any atom is -0.467 e. The first-order chi connectivity index (χ1) is 11.9. The Hall–Kier alpha value is -2.35. The van der Waals surface area contributed by atoms with Crippen LogP contribution in [0.5, 0.6) is 0 Å². The highest BCUT2D eigenvalue weighted by Gasteiger charge is 2.15. The third kappa shape index (κ3) is 5.60. The molecule has 0 aliphatic rings. The minimum absolute atomic E-state index is 0.00703. The molecule has 8 heteroatoms. The van der Waals surface area contributed by atoms with Crippen molar-refractivity contribution in [3.05, 3.63) is 41.1 Å². The number of thioether (sulfide) groups is 1. The summed E-state index contributed by atoms with van der Waals surface area (Å²) in [4.78, 5) is 34.2. The molecule has 0 saturated heterocycles. The van der Waals surface area contributed by atoms with Gasteiger partial charge in [0.05, 0.1) is 25.1 Å². The largest absolute Gasteiger partial charge is 0.467 e. The average molecular weight is 362 g/mol. The van der Waals surface area contributed by atoms with E-state index in [-0.39, 0.29) is 24.1 Å². The first-order valence-corrected chi connectivity index (χ1v) is 8.83. The second kappa shape index (κ2) is 8.66. The van der Waals surface area contributed by atoms with Crippen LogP contribution in [0.2, 0.25) is 0 Å². The predicted octanol–water partition coefficient (Wildman–Crippen LogP) is 1.86. The Balaban J connectivity index is 1.78. The number of hydrogen-bond acceptors (Lipinski definition) is 6. The molecule has 2 heterocycles. The van der Waals surface area contributed by atoms with Crippen LogP contribution in [-0.2, 0) is 16.1 Å². The molecule has 2 amide bonds. The zero-order valence-corrected chi connectivity index (χ0v) is 15.6. The van der Waals surface area contributed by atoms with Crippen LogP contribution in [0.3, 0.4) is 0 Å². The molecule has 2 aromatic heterocycles. The summed E-state index contributed by atoms with van der Waals surface area (Å²) in [6, 6.07) is 3.53. The van der Waals surface area contributed by atoms with Gasteiger partial charge >= 0.3 is 0 Å². The van der Waals surface area contributed by atoms with Gasteiger partial charge in [-0.3, -0.25) is 9.59 Å². The third-order valence-corrected chi connectivity index (χ3v) is 4.62. The van der Waals surface area contributed by atoms with Gasteiger partial charge in [-0.1, -0.05) is 11.8 Å². The number of carbonyl (C=O) groups is 2. The highest BCUT2D eigenvalue weighted by molar-refractivity contribution is 7.99. The summed E-state index contributed by atoms with van der Waals surface area (Å²) in [5, 5.41) is 3.28. The molecule has 1 N–H and O–H groups in total. The first-order valence-electron chi connectivity index (χ1n) is 7.84. The summed E-state index contributed by atoms with van der Waals surface area (Å²) in [5.74, 6) is 0.456. The van der Waals surface area contributed by atoms with E-state index in [4.69, 9.17) is 4.42 Å². The van der Waals surface area contributed by atoms with Crippen LogP contribution >= 0.6 is 11.8 Å². The Morgan fingerprint density at radius 3 is 2.52 bits per heavy atom. The smallest absolute Gasteiger partial charge is 0.239 e. The number of amides is 2. The molecule has 0 aliphatic carbocycles. The lowest BCUT2D eigenvalue weighted by Crippen LogP contribution is -2.38. The van der Waals surface area contributed by atoms with Crippen LogP contribution in [-0.4, -0.2) is 46.0 Å². The lowest BCUT2D eigenvalue weighted by molar-refractivity contribution is -0.132. The summed E-state index contributed by atoms with van der Waals surface area (Å²) in [5.41, 5.74) is 2.88. The quantitative estimate of drug-likeness (QED) is 0.597. The fourth-order valence-electron chi connectivity index (χ4n) is 2.00. The molecule has 7 nitrogen and oxygen atoms in total. The standard InChI is InChI=1S/C17H22N4O3S/c1-11-12(2)19-17(20-13(11)3)25-10-16(23)21(4)9-15(22)18-8-14-6-5-7-24-14/h5-7H,8-10H2,1-4H3,(H,18,22). The molecule has 25 heavy (non-hydrogen) atoms. The highest BCUT2D eigenvalue weighted by Crippen LogP contribution is 2.17. The van der Waals surface area contributed by atoms with Gasteiger partial charge in [0.2, 0.25) is 11.8 Å². The molecule has 2 rings (SSSR count). The maximum absolute atomic E-state index is 12.2. The Kier molecular flexibility index (Phi) is 6.58. The van der Waals surface area contributed by atoms with Crippen molar-refractivity contribution in [2.24, 2.45) is 0 Å². The van der Waals surface area contributed by atoms with Gasteiger partial charge in [0.25, 0.3) is 0 Å². The summed E-state index contributed by atoms with van der Waals surface area (Å²) in [6.45, 7) is 6.11. The number of aryl methyl sites for hydroxylation is 2. The van der Waals surface area contributed by atoms with Gasteiger partial charge < -0.3 is 14.6 Å². The average Bonchev–Trinajstić information content (AvgIpc) is 3.09. The predicted molar refractivity (Wildman–Crippen MR) is 95.2 cm³/mol. The molecule has 0 radical (unpaired) electrons. The Morgan fingerprint density at radius 2 is 1.92 bits per heavy atom. The van der Waals surface area contributed by atoms with Crippen molar-refractivity contribution in [3.63, 3.8) is 0 Å². The SMILES string of the molecule is Cc1nc(SCC(=O)N(C)CC(=O)NCc2ccco2)nc(C)c1C. The molecule has 0 fully saturated rings. The molecule has 134 valence electrons. The van der Waals surface area contributed by atoms with Gasteiger partial charge in [-0.05, 0) is 38.5 Å². The number of aromatic nitrogens is 2. The van der Waals surface area contributed by atoms with Crippen molar-refractivity contribution in [1.29, 1.82) is 0 Å². The van der Waals surface area contributed by atoms with E-state index >= 15 is 0 Å². The van der Waals surface area contributed by atoms with Crippen LogP contribution in [0, 0.1) is 20.8 Å². The molecule has 0 aliphatic heterocycles. The lowest BCUT2D eigenvalue weighted by atomic mass is 10.2. The molecule has 0 atom stereocenters. The van der Waals surface area contributed by atoms with E-state index in [2.05, 4.69) is 15.3 Å². The topological polar surface area (TPSA) is 88.3 Å². The minimum atomic E-state index is -0.240. The second-order valence-electron chi connectivity index (χ2n) is 5.70. The van der Waals surface area contributed by atoms with E-state index in [0.717, 1.165) is 17.0 Å². The fraction of sp³-hybridized carbons (Fsp3) is 0.412. The van der Waals surface area contributed by atoms with Gasteiger partial charge in [-0.25, -0.2) is 9.97 Å². The van der Waals surface area contributed by atoms with Crippen molar-refractivity contribution in [2.75, 3.05) is 19.3 Å². The fourth-order valence-corrected chi connectivity index (χ4v) is 2.88. The Bertz CT molecular complexity index is 723. The number of nitrogens with one attached hydrogen (secondary N) is 1. The molecular formula is C17H22N4O3S. The number of furan rings is 1. The normalized spacial score (nSPS) is 10.6. The second-order valence-corrected chi connectivity index (χ2v) is 6.64. The van der Waals surface area contributed by atoms with Gasteiger partial charge in [0, 0.05) is 18.4 Å². The van der Waals surface area contributed by atoms with Crippen molar-refractivity contribution in [2.45, 2.75) is 32.5 Å². The summed E-state index contributed by atoms with van der Waals surface area (Å²) < 4.78 is 5.14. The maximum atomic E-state index is 12.2. The van der Waals surface area contributed by atoms with Crippen LogP contribution in [0.1, 0.15) is 22.7 Å². The molecule has 2 aromatic rings. The molecule has 0 saturated carbocycles. The summed E-state index contributed by atoms with van der Waals surface area (Å²) in [7, 11) is 1.60. The molecule has 0 aromatic carbocycles. The molecular weight excluding hydrogens is 340 g/mol. The molecule has 0 unspecified atom stereocenters. The van der Waals surface area contributed by atoms with Crippen molar-refractivity contribution >= 4 is 23.6 Å². The zero-order valence-electron chi connectivity index (χ0n) is 14.8. The van der Waals surface area contributed by atoms with Crippen LogP contribution in [0.15, 0.2) is 28.0 Å². The third-order valence-electron chi connectivity index (χ3n) is 3.78. The Morgan fingerprint density at radius 1 is 1.24 bits per heavy atom. The van der Waals surface area contributed by atoms with E-state index in [1.54, 1.807) is 25.4 Å². The number of likely N-dealkylation sites (N-methyl/N-ethyl adjacent to an activating group) is 1. The highest BCUT2D eigenvalue weighted by atomic mass is 32.2. The van der Waals surface area contributed by atoms with E-state index in [1.165, 1.54) is 16.7 Å². The van der Waals surface area contributed by atoms with Gasteiger partial charge in [-0.15, -0.1) is 0 Å². The van der Waals surface area contributed by atoms with Gasteiger partial charge in [-0.2, -0.15) is 0 Å². The lowest BCUT2D eigenvalue weighted by Gasteiger charge is -2.16. The number of rotatable bonds is 7. The summed E-state index contributed by atoms with van der Waals surface area (Å²) >= 11 is 1.27. The van der Waals surface area contributed by atoms with Gasteiger partial charge in [0.1, 0.15) is 5.76 Å². The number of carbonyl (C=O) groups excluding carboxylic acids is 2. The van der Waals surface area contributed by atoms with Crippen molar-refractivity contribution in [1.82, 2.24) is 20.2 Å². The van der Waals surface area contributed by atoms with Crippen LogP contribution < -0.4 is 5.32 Å². The number of nitrogens with zero attached hydrogens (tertiary/aromatic N) is 3. The molecule has 0 spiro atoms. The molecule has 0 bridgehead atoms. The first kappa shape index (κ1) is 19.0. The van der Waals surface area contributed by atoms with E-state index in [1.807, 2.05) is 20.8 Å².